The fraction of sp³-hybridized carbons (Fsp3) is 0.529. The van der Waals surface area contributed by atoms with Crippen molar-refractivity contribution in [2.45, 2.75) is 19.8 Å². The maximum atomic E-state index is 5.73. The van der Waals surface area contributed by atoms with E-state index < -0.39 is 0 Å². The Morgan fingerprint density at radius 1 is 1.29 bits per heavy atom. The van der Waals surface area contributed by atoms with Gasteiger partial charge in [0.25, 0.3) is 0 Å². The molecule has 0 amide bonds. The van der Waals surface area contributed by atoms with Crippen molar-refractivity contribution in [3.8, 4) is 11.5 Å². The molecule has 0 saturated heterocycles. The van der Waals surface area contributed by atoms with Crippen LogP contribution in [-0.2, 0) is 4.74 Å². The molecule has 0 atom stereocenters. The predicted octanol–water partition coefficient (Wildman–Crippen LogP) is 2.88. The van der Waals surface area contributed by atoms with Crippen molar-refractivity contribution in [3.05, 3.63) is 29.3 Å². The van der Waals surface area contributed by atoms with Gasteiger partial charge in [-0.25, -0.2) is 0 Å². The summed E-state index contributed by atoms with van der Waals surface area (Å²) in [6.07, 6.45) is 4.17. The van der Waals surface area contributed by atoms with Crippen molar-refractivity contribution in [3.63, 3.8) is 0 Å². The molecule has 4 heteroatoms. The average molecular weight is 291 g/mol. The smallest absolute Gasteiger partial charge is 0.161 e. The summed E-state index contributed by atoms with van der Waals surface area (Å²) in [6, 6.07) is 6.14. The first-order valence-electron chi connectivity index (χ1n) is 7.62. The standard InChI is InChI=1S/C17H25NO3/c1-3-14(13-18-7-10-19-2)11-15-5-6-16-17(12-15)21-9-4-8-20-16/h5-6,11-12,18H,3-4,7-10,13H2,1-2H3. The second-order valence-corrected chi connectivity index (χ2v) is 5.08. The first-order valence-corrected chi connectivity index (χ1v) is 7.62. The van der Waals surface area contributed by atoms with Gasteiger partial charge in [-0.1, -0.05) is 24.6 Å². The number of hydrogen-bond acceptors (Lipinski definition) is 4. The molecule has 0 aromatic heterocycles. The second kappa shape index (κ2) is 8.70. The number of ether oxygens (including phenoxy) is 3. The van der Waals surface area contributed by atoms with Gasteiger partial charge in [0.05, 0.1) is 19.8 Å². The molecule has 1 aromatic carbocycles. The number of nitrogens with one attached hydrogen (secondary N) is 1. The zero-order chi connectivity index (χ0) is 14.9. The quantitative estimate of drug-likeness (QED) is 0.784. The third-order valence-electron chi connectivity index (χ3n) is 3.43. The summed E-state index contributed by atoms with van der Waals surface area (Å²) in [5.74, 6) is 1.70. The molecule has 1 aliphatic rings. The summed E-state index contributed by atoms with van der Waals surface area (Å²) in [4.78, 5) is 0. The van der Waals surface area contributed by atoms with Crippen LogP contribution in [0.1, 0.15) is 25.3 Å². The van der Waals surface area contributed by atoms with Gasteiger partial charge in [0, 0.05) is 26.6 Å². The molecule has 0 spiro atoms. The Labute approximate surface area is 127 Å². The van der Waals surface area contributed by atoms with Crippen LogP contribution in [0.3, 0.4) is 0 Å². The number of rotatable bonds is 7. The molecular formula is C17H25NO3. The second-order valence-electron chi connectivity index (χ2n) is 5.08. The fourth-order valence-corrected chi connectivity index (χ4v) is 2.21. The molecule has 0 saturated carbocycles. The van der Waals surface area contributed by atoms with Crippen molar-refractivity contribution in [2.24, 2.45) is 0 Å². The molecule has 0 unspecified atom stereocenters. The SMILES string of the molecule is CCC(=Cc1ccc2c(c1)OCCCO2)CNCCOC. The Balaban J connectivity index is 2.02. The monoisotopic (exact) mass is 291 g/mol. The third kappa shape index (κ3) is 5.06. The van der Waals surface area contributed by atoms with Gasteiger partial charge in [-0.15, -0.1) is 0 Å². The van der Waals surface area contributed by atoms with E-state index in [0.29, 0.717) is 0 Å². The zero-order valence-electron chi connectivity index (χ0n) is 13.0. The molecule has 1 N–H and O–H groups in total. The molecular weight excluding hydrogens is 266 g/mol. The first-order chi connectivity index (χ1) is 10.3. The summed E-state index contributed by atoms with van der Waals surface area (Å²) >= 11 is 0. The lowest BCUT2D eigenvalue weighted by atomic mass is 10.1. The van der Waals surface area contributed by atoms with Gasteiger partial charge in [0.1, 0.15) is 0 Å². The summed E-state index contributed by atoms with van der Waals surface area (Å²) in [5, 5.41) is 3.38. The summed E-state index contributed by atoms with van der Waals surface area (Å²) in [7, 11) is 1.72. The number of fused-ring (bicyclic) bond motifs is 1. The van der Waals surface area contributed by atoms with Gasteiger partial charge in [0.2, 0.25) is 0 Å². The van der Waals surface area contributed by atoms with E-state index in [1.54, 1.807) is 7.11 Å². The van der Waals surface area contributed by atoms with Gasteiger partial charge in [0.15, 0.2) is 11.5 Å². The van der Waals surface area contributed by atoms with E-state index in [-0.39, 0.29) is 0 Å². The van der Waals surface area contributed by atoms with E-state index in [9.17, 15) is 0 Å². The summed E-state index contributed by atoms with van der Waals surface area (Å²) in [6.45, 7) is 6.11. The molecule has 0 aliphatic carbocycles. The zero-order valence-corrected chi connectivity index (χ0v) is 13.0. The first kappa shape index (κ1) is 15.9. The minimum Gasteiger partial charge on any atom is -0.490 e. The summed E-state index contributed by atoms with van der Waals surface area (Å²) in [5.41, 5.74) is 2.52. The third-order valence-corrected chi connectivity index (χ3v) is 3.43. The van der Waals surface area contributed by atoms with E-state index in [0.717, 1.165) is 62.8 Å². The van der Waals surface area contributed by atoms with E-state index in [1.807, 2.05) is 6.07 Å². The highest BCUT2D eigenvalue weighted by Gasteiger charge is 2.10. The van der Waals surface area contributed by atoms with Crippen molar-refractivity contribution in [1.29, 1.82) is 0 Å². The number of benzene rings is 1. The lowest BCUT2D eigenvalue weighted by Crippen LogP contribution is -2.21. The molecule has 4 nitrogen and oxygen atoms in total. The van der Waals surface area contributed by atoms with Crippen molar-refractivity contribution < 1.29 is 14.2 Å². The fourth-order valence-electron chi connectivity index (χ4n) is 2.21. The highest BCUT2D eigenvalue weighted by Crippen LogP contribution is 2.31. The van der Waals surface area contributed by atoms with E-state index in [4.69, 9.17) is 14.2 Å². The molecule has 21 heavy (non-hydrogen) atoms. The molecule has 0 fully saturated rings. The molecule has 1 aromatic rings. The molecule has 2 rings (SSSR count). The van der Waals surface area contributed by atoms with Crippen LogP contribution in [0.5, 0.6) is 11.5 Å². The normalized spacial score (nSPS) is 14.9. The van der Waals surface area contributed by atoms with Gasteiger partial charge in [-0.05, 0) is 24.1 Å². The Morgan fingerprint density at radius 3 is 2.86 bits per heavy atom. The van der Waals surface area contributed by atoms with Crippen LogP contribution in [0.2, 0.25) is 0 Å². The maximum absolute atomic E-state index is 5.73. The van der Waals surface area contributed by atoms with Gasteiger partial charge >= 0.3 is 0 Å². The highest BCUT2D eigenvalue weighted by molar-refractivity contribution is 5.58. The minimum atomic E-state index is 0.722. The van der Waals surface area contributed by atoms with Crippen molar-refractivity contribution in [2.75, 3.05) is 40.0 Å². The Morgan fingerprint density at radius 2 is 2.10 bits per heavy atom. The number of methoxy groups -OCH3 is 1. The molecule has 1 aliphatic heterocycles. The lowest BCUT2D eigenvalue weighted by Gasteiger charge is -2.10. The number of hydrogen-bond donors (Lipinski definition) is 1. The topological polar surface area (TPSA) is 39.7 Å². The molecule has 116 valence electrons. The Bertz CT molecular complexity index is 471. The van der Waals surface area contributed by atoms with E-state index >= 15 is 0 Å². The molecule has 0 bridgehead atoms. The Kier molecular flexibility index (Phi) is 6.57. The van der Waals surface area contributed by atoms with E-state index in [1.165, 1.54) is 5.57 Å². The van der Waals surface area contributed by atoms with Crippen LogP contribution in [0, 0.1) is 0 Å². The Hall–Kier alpha value is -1.52. The van der Waals surface area contributed by atoms with Gasteiger partial charge < -0.3 is 19.5 Å². The van der Waals surface area contributed by atoms with Crippen LogP contribution in [0.4, 0.5) is 0 Å². The van der Waals surface area contributed by atoms with Crippen LogP contribution in [0.25, 0.3) is 6.08 Å². The molecule has 1 heterocycles. The van der Waals surface area contributed by atoms with Gasteiger partial charge in [-0.2, -0.15) is 0 Å². The van der Waals surface area contributed by atoms with Crippen molar-refractivity contribution in [1.82, 2.24) is 5.32 Å². The predicted molar refractivity (Wildman–Crippen MR) is 85.1 cm³/mol. The highest BCUT2D eigenvalue weighted by atomic mass is 16.5. The van der Waals surface area contributed by atoms with E-state index in [2.05, 4.69) is 30.4 Å². The average Bonchev–Trinajstić information content (AvgIpc) is 2.75. The van der Waals surface area contributed by atoms with Crippen molar-refractivity contribution >= 4 is 6.08 Å². The van der Waals surface area contributed by atoms with Gasteiger partial charge in [-0.3, -0.25) is 0 Å². The van der Waals surface area contributed by atoms with Crippen LogP contribution in [0.15, 0.2) is 23.8 Å². The lowest BCUT2D eigenvalue weighted by molar-refractivity contribution is 0.200. The van der Waals surface area contributed by atoms with Crippen LogP contribution >= 0.6 is 0 Å². The minimum absolute atomic E-state index is 0.722. The van der Waals surface area contributed by atoms with Crippen LogP contribution in [-0.4, -0.2) is 40.0 Å². The summed E-state index contributed by atoms with van der Waals surface area (Å²) < 4.78 is 16.4. The largest absolute Gasteiger partial charge is 0.490 e. The molecule has 0 radical (unpaired) electrons. The van der Waals surface area contributed by atoms with Crippen LogP contribution < -0.4 is 14.8 Å². The maximum Gasteiger partial charge on any atom is 0.161 e.